The average Bonchev–Trinajstić information content (AvgIpc) is 2.87. The van der Waals surface area contributed by atoms with Crippen LogP contribution in [0.5, 0.6) is 0 Å². The zero-order valence-electron chi connectivity index (χ0n) is 10.4. The van der Waals surface area contributed by atoms with Gasteiger partial charge in [0.2, 0.25) is 5.76 Å². The van der Waals surface area contributed by atoms with E-state index in [4.69, 9.17) is 10.3 Å². The summed E-state index contributed by atoms with van der Waals surface area (Å²) in [5, 5.41) is 6.79. The fourth-order valence-corrected chi connectivity index (χ4v) is 2.16. The fraction of sp³-hybridized carbons (Fsp3) is 0.286. The van der Waals surface area contributed by atoms with Crippen molar-refractivity contribution >= 4 is 5.91 Å². The van der Waals surface area contributed by atoms with Crippen LogP contribution in [-0.2, 0) is 0 Å². The first-order valence-corrected chi connectivity index (χ1v) is 6.31. The first-order chi connectivity index (χ1) is 9.22. The highest BCUT2D eigenvalue weighted by Gasteiger charge is 2.28. The lowest BCUT2D eigenvalue weighted by atomic mass is 9.87. The molecule has 3 rings (SSSR count). The first-order valence-electron chi connectivity index (χ1n) is 6.31. The molecular formula is C14H15N3O2. The maximum absolute atomic E-state index is 11.9. The Hall–Kier alpha value is -2.14. The third-order valence-corrected chi connectivity index (χ3v) is 3.31. The maximum Gasteiger partial charge on any atom is 0.290 e. The number of hydrogen-bond acceptors (Lipinski definition) is 4. The van der Waals surface area contributed by atoms with E-state index in [-0.39, 0.29) is 23.8 Å². The highest BCUT2D eigenvalue weighted by Crippen LogP contribution is 2.20. The van der Waals surface area contributed by atoms with Crippen molar-refractivity contribution in [2.24, 2.45) is 5.73 Å². The predicted molar refractivity (Wildman–Crippen MR) is 70.4 cm³/mol. The maximum atomic E-state index is 11.9. The van der Waals surface area contributed by atoms with Crippen molar-refractivity contribution in [3.05, 3.63) is 42.2 Å². The number of amides is 1. The van der Waals surface area contributed by atoms with Crippen LogP contribution in [0, 0.1) is 0 Å². The van der Waals surface area contributed by atoms with Crippen LogP contribution < -0.4 is 11.1 Å². The Balaban J connectivity index is 1.69. The topological polar surface area (TPSA) is 81.1 Å². The second-order valence-corrected chi connectivity index (χ2v) is 4.84. The van der Waals surface area contributed by atoms with Gasteiger partial charge in [0.1, 0.15) is 5.69 Å². The zero-order chi connectivity index (χ0) is 13.2. The van der Waals surface area contributed by atoms with E-state index < -0.39 is 0 Å². The van der Waals surface area contributed by atoms with Crippen molar-refractivity contribution in [1.29, 1.82) is 0 Å². The van der Waals surface area contributed by atoms with Gasteiger partial charge in [0.15, 0.2) is 0 Å². The van der Waals surface area contributed by atoms with Gasteiger partial charge in [0.05, 0.1) is 0 Å². The molecule has 1 amide bonds. The number of nitrogens with zero attached hydrogens (tertiary/aromatic N) is 1. The Morgan fingerprint density at radius 2 is 2.05 bits per heavy atom. The average molecular weight is 257 g/mol. The summed E-state index contributed by atoms with van der Waals surface area (Å²) in [7, 11) is 0. The molecule has 0 bridgehead atoms. The molecular weight excluding hydrogens is 242 g/mol. The van der Waals surface area contributed by atoms with Gasteiger partial charge in [-0.05, 0) is 12.8 Å². The van der Waals surface area contributed by atoms with E-state index in [0.29, 0.717) is 5.69 Å². The smallest absolute Gasteiger partial charge is 0.290 e. The van der Waals surface area contributed by atoms with Crippen LogP contribution in [0.3, 0.4) is 0 Å². The SMILES string of the molecule is N[C@H]1C[C@@H](NC(=O)c2cc(-c3ccccc3)no2)C1. The van der Waals surface area contributed by atoms with Gasteiger partial charge >= 0.3 is 0 Å². The van der Waals surface area contributed by atoms with Gasteiger partial charge in [-0.25, -0.2) is 0 Å². The van der Waals surface area contributed by atoms with Crippen LogP contribution in [0.2, 0.25) is 0 Å². The number of rotatable bonds is 3. The molecule has 1 fully saturated rings. The fourth-order valence-electron chi connectivity index (χ4n) is 2.16. The van der Waals surface area contributed by atoms with Crippen molar-refractivity contribution < 1.29 is 9.32 Å². The minimum atomic E-state index is -0.230. The lowest BCUT2D eigenvalue weighted by Crippen LogP contribution is -2.50. The normalized spacial score (nSPS) is 21.7. The van der Waals surface area contributed by atoms with Gasteiger partial charge in [0, 0.05) is 23.7 Å². The molecule has 0 atom stereocenters. The number of carbonyl (C=O) groups excluding carboxylic acids is 1. The molecule has 2 aromatic rings. The Kier molecular flexibility index (Phi) is 3.05. The van der Waals surface area contributed by atoms with Crippen LogP contribution in [0.25, 0.3) is 11.3 Å². The second-order valence-electron chi connectivity index (χ2n) is 4.84. The molecule has 0 radical (unpaired) electrons. The Bertz CT molecular complexity index is 573. The molecule has 1 aromatic carbocycles. The number of aromatic nitrogens is 1. The van der Waals surface area contributed by atoms with Crippen LogP contribution in [0.1, 0.15) is 23.4 Å². The van der Waals surface area contributed by atoms with E-state index in [1.54, 1.807) is 6.07 Å². The van der Waals surface area contributed by atoms with Gasteiger partial charge in [-0.2, -0.15) is 0 Å². The lowest BCUT2D eigenvalue weighted by Gasteiger charge is -2.32. The van der Waals surface area contributed by atoms with E-state index in [1.807, 2.05) is 30.3 Å². The van der Waals surface area contributed by atoms with E-state index in [0.717, 1.165) is 18.4 Å². The van der Waals surface area contributed by atoms with Crippen molar-refractivity contribution in [1.82, 2.24) is 10.5 Å². The molecule has 1 aliphatic carbocycles. The summed E-state index contributed by atoms with van der Waals surface area (Å²) in [6, 6.07) is 11.6. The molecule has 98 valence electrons. The van der Waals surface area contributed by atoms with E-state index in [2.05, 4.69) is 10.5 Å². The number of carbonyl (C=O) groups is 1. The molecule has 0 unspecified atom stereocenters. The van der Waals surface area contributed by atoms with E-state index in [9.17, 15) is 4.79 Å². The molecule has 19 heavy (non-hydrogen) atoms. The summed E-state index contributed by atoms with van der Waals surface area (Å²) in [5.41, 5.74) is 7.27. The molecule has 0 spiro atoms. The monoisotopic (exact) mass is 257 g/mol. The van der Waals surface area contributed by atoms with E-state index in [1.165, 1.54) is 0 Å². The molecule has 3 N–H and O–H groups in total. The Morgan fingerprint density at radius 1 is 1.32 bits per heavy atom. The number of nitrogens with two attached hydrogens (primary N) is 1. The molecule has 1 aromatic heterocycles. The Morgan fingerprint density at radius 3 is 2.74 bits per heavy atom. The van der Waals surface area contributed by atoms with Crippen LogP contribution in [0.4, 0.5) is 0 Å². The predicted octanol–water partition coefficient (Wildman–Crippen LogP) is 1.56. The summed E-state index contributed by atoms with van der Waals surface area (Å²) in [4.78, 5) is 11.9. The van der Waals surface area contributed by atoms with Crippen molar-refractivity contribution in [2.75, 3.05) is 0 Å². The van der Waals surface area contributed by atoms with E-state index >= 15 is 0 Å². The minimum absolute atomic E-state index is 0.160. The highest BCUT2D eigenvalue weighted by atomic mass is 16.5. The third kappa shape index (κ3) is 2.51. The van der Waals surface area contributed by atoms with Crippen LogP contribution in [0.15, 0.2) is 40.9 Å². The molecule has 5 heteroatoms. The molecule has 5 nitrogen and oxygen atoms in total. The van der Waals surface area contributed by atoms with Crippen molar-refractivity contribution in [3.8, 4) is 11.3 Å². The molecule has 0 aliphatic heterocycles. The first kappa shape index (κ1) is 11.9. The van der Waals surface area contributed by atoms with Gasteiger partial charge in [-0.15, -0.1) is 0 Å². The zero-order valence-corrected chi connectivity index (χ0v) is 10.4. The van der Waals surface area contributed by atoms with Gasteiger partial charge < -0.3 is 15.6 Å². The molecule has 1 heterocycles. The van der Waals surface area contributed by atoms with Gasteiger partial charge in [0.25, 0.3) is 5.91 Å². The van der Waals surface area contributed by atoms with Gasteiger partial charge in [-0.3, -0.25) is 4.79 Å². The minimum Gasteiger partial charge on any atom is -0.350 e. The number of hydrogen-bond donors (Lipinski definition) is 2. The second kappa shape index (κ2) is 4.85. The highest BCUT2D eigenvalue weighted by molar-refractivity contribution is 5.92. The van der Waals surface area contributed by atoms with Crippen LogP contribution in [-0.4, -0.2) is 23.1 Å². The summed E-state index contributed by atoms with van der Waals surface area (Å²) >= 11 is 0. The summed E-state index contributed by atoms with van der Waals surface area (Å²) in [6.45, 7) is 0. The van der Waals surface area contributed by atoms with Crippen molar-refractivity contribution in [2.45, 2.75) is 24.9 Å². The summed E-state index contributed by atoms with van der Waals surface area (Å²) in [5.74, 6) is 0.00547. The molecule has 1 saturated carbocycles. The standard InChI is InChI=1S/C14H15N3O2/c15-10-6-11(7-10)16-14(18)13-8-12(17-19-13)9-4-2-1-3-5-9/h1-5,8,10-11H,6-7,15H2,(H,16,18)/t10-,11+. The number of nitrogens with one attached hydrogen (secondary N) is 1. The quantitative estimate of drug-likeness (QED) is 0.874. The largest absolute Gasteiger partial charge is 0.350 e. The number of benzene rings is 1. The third-order valence-electron chi connectivity index (χ3n) is 3.31. The molecule has 0 saturated heterocycles. The lowest BCUT2D eigenvalue weighted by molar-refractivity contribution is 0.0872. The van der Waals surface area contributed by atoms with Gasteiger partial charge in [-0.1, -0.05) is 35.5 Å². The van der Waals surface area contributed by atoms with Crippen molar-refractivity contribution in [3.63, 3.8) is 0 Å². The summed E-state index contributed by atoms with van der Waals surface area (Å²) < 4.78 is 5.08. The molecule has 1 aliphatic rings. The Labute approximate surface area is 110 Å². The summed E-state index contributed by atoms with van der Waals surface area (Å²) in [6.07, 6.45) is 1.65. The van der Waals surface area contributed by atoms with Crippen LogP contribution >= 0.6 is 0 Å².